The summed E-state index contributed by atoms with van der Waals surface area (Å²) in [5.41, 5.74) is 0.977. The number of ether oxygens (including phenoxy) is 1. The highest BCUT2D eigenvalue weighted by molar-refractivity contribution is 5.69. The predicted molar refractivity (Wildman–Crippen MR) is 117 cm³/mol. The number of hydrogen-bond acceptors (Lipinski definition) is 8. The normalized spacial score (nSPS) is 18.0. The summed E-state index contributed by atoms with van der Waals surface area (Å²) in [7, 11) is 0. The third-order valence-electron chi connectivity index (χ3n) is 5.43. The minimum atomic E-state index is -3.07. The highest BCUT2D eigenvalue weighted by atomic mass is 19.3. The number of oxazole rings is 1. The zero-order valence-corrected chi connectivity index (χ0v) is 17.3. The van der Waals surface area contributed by atoms with Crippen LogP contribution in [0.15, 0.2) is 64.2 Å². The van der Waals surface area contributed by atoms with E-state index in [4.69, 9.17) is 4.42 Å². The molecule has 1 aliphatic carbocycles. The molecule has 170 valence electrons. The number of alkyl halides is 2. The lowest BCUT2D eigenvalue weighted by atomic mass is 10.2. The van der Waals surface area contributed by atoms with E-state index >= 15 is 0 Å². The predicted octanol–water partition coefficient (Wildman–Crippen LogP) is 3.82. The molecule has 33 heavy (non-hydrogen) atoms. The van der Waals surface area contributed by atoms with E-state index in [-0.39, 0.29) is 12.1 Å². The Labute approximate surface area is 186 Å². The number of fused-ring (bicyclic) bond motifs is 1. The first-order valence-electron chi connectivity index (χ1n) is 10.4. The van der Waals surface area contributed by atoms with Gasteiger partial charge in [-0.25, -0.2) is 9.97 Å². The van der Waals surface area contributed by atoms with Gasteiger partial charge in [-0.1, -0.05) is 0 Å². The van der Waals surface area contributed by atoms with E-state index < -0.39 is 17.9 Å². The fourth-order valence-corrected chi connectivity index (χ4v) is 3.94. The molecule has 5 rings (SSSR count). The first-order chi connectivity index (χ1) is 16.0. The summed E-state index contributed by atoms with van der Waals surface area (Å²) in [4.78, 5) is 25.3. The molecule has 1 saturated carbocycles. The fraction of sp³-hybridized carbons (Fsp3) is 0.273. The van der Waals surface area contributed by atoms with Gasteiger partial charge < -0.3 is 19.8 Å². The first kappa shape index (κ1) is 20.9. The van der Waals surface area contributed by atoms with Gasteiger partial charge in [-0.05, 0) is 55.7 Å². The van der Waals surface area contributed by atoms with Crippen LogP contribution in [0, 0.1) is 0 Å². The molecule has 0 saturated heterocycles. The summed E-state index contributed by atoms with van der Waals surface area (Å²) < 4.78 is 36.1. The maximum Gasteiger partial charge on any atom is 0.387 e. The second-order valence-electron chi connectivity index (χ2n) is 7.67. The average molecular weight is 454 g/mol. The number of rotatable bonds is 7. The second-order valence-corrected chi connectivity index (χ2v) is 7.67. The van der Waals surface area contributed by atoms with E-state index in [2.05, 4.69) is 30.3 Å². The quantitative estimate of drug-likeness (QED) is 0.434. The van der Waals surface area contributed by atoms with Gasteiger partial charge >= 0.3 is 6.61 Å². The standard InChI is InChI=1S/C22H20F2N6O3/c23-21(24)32-17-4-2-10-30(20(17)31)15-7-8-18(26-12-15)27-13-5-6-14(11-13)28-22-29-16-3-1-9-25-19(16)33-22/h1-4,7-10,12-14,21H,5-6,11H2,(H,26,27)(H,28,29)/t13-,14-/m0/s1. The number of pyridine rings is 3. The van der Waals surface area contributed by atoms with Crippen molar-refractivity contribution < 1.29 is 17.9 Å². The van der Waals surface area contributed by atoms with Crippen molar-refractivity contribution in [1.29, 1.82) is 0 Å². The van der Waals surface area contributed by atoms with Crippen molar-refractivity contribution in [3.8, 4) is 11.4 Å². The molecule has 0 unspecified atom stereocenters. The molecule has 4 aromatic rings. The van der Waals surface area contributed by atoms with Crippen LogP contribution in [0.25, 0.3) is 16.9 Å². The lowest BCUT2D eigenvalue weighted by molar-refractivity contribution is -0.0509. The van der Waals surface area contributed by atoms with E-state index in [0.29, 0.717) is 28.8 Å². The van der Waals surface area contributed by atoms with Gasteiger partial charge in [-0.15, -0.1) is 0 Å². The molecule has 0 aromatic carbocycles. The first-order valence-corrected chi connectivity index (χ1v) is 10.4. The van der Waals surface area contributed by atoms with Crippen molar-refractivity contribution in [1.82, 2.24) is 19.5 Å². The third-order valence-corrected chi connectivity index (χ3v) is 5.43. The molecule has 4 heterocycles. The topological polar surface area (TPSA) is 107 Å². The molecule has 11 heteroatoms. The Morgan fingerprint density at radius 3 is 2.70 bits per heavy atom. The molecule has 0 radical (unpaired) electrons. The van der Waals surface area contributed by atoms with Gasteiger partial charge in [0.25, 0.3) is 11.6 Å². The molecular weight excluding hydrogens is 434 g/mol. The molecule has 0 aliphatic heterocycles. The zero-order chi connectivity index (χ0) is 22.8. The van der Waals surface area contributed by atoms with E-state index in [1.54, 1.807) is 18.3 Å². The lowest BCUT2D eigenvalue weighted by Crippen LogP contribution is -2.22. The van der Waals surface area contributed by atoms with Crippen LogP contribution in [0.4, 0.5) is 20.6 Å². The molecule has 1 fully saturated rings. The number of hydrogen-bond donors (Lipinski definition) is 2. The monoisotopic (exact) mass is 454 g/mol. The molecule has 0 bridgehead atoms. The Kier molecular flexibility index (Phi) is 5.59. The molecule has 4 aromatic heterocycles. The van der Waals surface area contributed by atoms with Gasteiger partial charge in [0.1, 0.15) is 11.3 Å². The number of halogens is 2. The van der Waals surface area contributed by atoms with Crippen LogP contribution in [0.1, 0.15) is 19.3 Å². The van der Waals surface area contributed by atoms with Gasteiger partial charge in [0, 0.05) is 24.5 Å². The van der Waals surface area contributed by atoms with Crippen LogP contribution < -0.4 is 20.9 Å². The minimum absolute atomic E-state index is 0.200. The van der Waals surface area contributed by atoms with Crippen molar-refractivity contribution in [2.45, 2.75) is 38.0 Å². The molecule has 1 aliphatic rings. The smallest absolute Gasteiger partial charge is 0.387 e. The highest BCUT2D eigenvalue weighted by Crippen LogP contribution is 2.26. The second kappa shape index (κ2) is 8.85. The highest BCUT2D eigenvalue weighted by Gasteiger charge is 2.26. The minimum Gasteiger partial charge on any atom is -0.429 e. The Bertz CT molecular complexity index is 1270. The molecule has 9 nitrogen and oxygen atoms in total. The molecule has 0 amide bonds. The van der Waals surface area contributed by atoms with Crippen molar-refractivity contribution in [3.63, 3.8) is 0 Å². The fourth-order valence-electron chi connectivity index (χ4n) is 3.94. The number of nitrogens with zero attached hydrogens (tertiary/aromatic N) is 4. The molecule has 0 spiro atoms. The van der Waals surface area contributed by atoms with E-state index in [0.717, 1.165) is 19.3 Å². The maximum atomic E-state index is 12.5. The van der Waals surface area contributed by atoms with Crippen molar-refractivity contribution in [2.75, 3.05) is 10.6 Å². The Hall–Kier alpha value is -4.02. The Morgan fingerprint density at radius 1 is 1.09 bits per heavy atom. The van der Waals surface area contributed by atoms with Gasteiger partial charge in [0.15, 0.2) is 5.75 Å². The van der Waals surface area contributed by atoms with Crippen LogP contribution in [0.3, 0.4) is 0 Å². The zero-order valence-electron chi connectivity index (χ0n) is 17.3. The van der Waals surface area contributed by atoms with Crippen molar-refractivity contribution >= 4 is 23.1 Å². The summed E-state index contributed by atoms with van der Waals surface area (Å²) in [5, 5.41) is 6.71. The molecule has 2 atom stereocenters. The van der Waals surface area contributed by atoms with E-state index in [1.807, 2.05) is 12.1 Å². The number of nitrogens with one attached hydrogen (secondary N) is 2. The summed E-state index contributed by atoms with van der Waals surface area (Å²) in [5.74, 6) is 0.234. The van der Waals surface area contributed by atoms with Gasteiger partial charge in [0.2, 0.25) is 5.71 Å². The van der Waals surface area contributed by atoms with Gasteiger partial charge in [-0.2, -0.15) is 13.8 Å². The van der Waals surface area contributed by atoms with Gasteiger partial charge in [0.05, 0.1) is 11.9 Å². The van der Waals surface area contributed by atoms with E-state index in [9.17, 15) is 13.6 Å². The Morgan fingerprint density at radius 2 is 1.94 bits per heavy atom. The summed E-state index contributed by atoms with van der Waals surface area (Å²) in [6.45, 7) is -3.07. The largest absolute Gasteiger partial charge is 0.429 e. The number of anilines is 2. The van der Waals surface area contributed by atoms with Crippen LogP contribution in [-0.4, -0.2) is 38.2 Å². The SMILES string of the molecule is O=c1c(OC(F)F)cccn1-c1ccc(N[C@H]2CC[C@H](Nc3nc4cccnc4o3)C2)nc1. The van der Waals surface area contributed by atoms with Gasteiger partial charge in [-0.3, -0.25) is 9.36 Å². The van der Waals surface area contributed by atoms with Crippen LogP contribution in [-0.2, 0) is 0 Å². The van der Waals surface area contributed by atoms with Crippen LogP contribution >= 0.6 is 0 Å². The van der Waals surface area contributed by atoms with Crippen molar-refractivity contribution in [2.24, 2.45) is 0 Å². The Balaban J connectivity index is 1.21. The summed E-state index contributed by atoms with van der Waals surface area (Å²) in [6, 6.07) is 10.6. The summed E-state index contributed by atoms with van der Waals surface area (Å²) in [6.07, 6.45) is 7.36. The molecule has 2 N–H and O–H groups in total. The maximum absolute atomic E-state index is 12.5. The average Bonchev–Trinajstić information content (AvgIpc) is 3.42. The molecular formula is C22H20F2N6O3. The number of aromatic nitrogens is 4. The van der Waals surface area contributed by atoms with Crippen LogP contribution in [0.5, 0.6) is 5.75 Å². The van der Waals surface area contributed by atoms with E-state index in [1.165, 1.54) is 29.1 Å². The van der Waals surface area contributed by atoms with Crippen molar-refractivity contribution in [3.05, 3.63) is 65.3 Å². The third kappa shape index (κ3) is 4.61. The summed E-state index contributed by atoms with van der Waals surface area (Å²) >= 11 is 0. The lowest BCUT2D eigenvalue weighted by Gasteiger charge is -2.15. The van der Waals surface area contributed by atoms with Crippen LogP contribution in [0.2, 0.25) is 0 Å².